The summed E-state index contributed by atoms with van der Waals surface area (Å²) in [7, 11) is 0. The van der Waals surface area contributed by atoms with E-state index < -0.39 is 23.8 Å². The van der Waals surface area contributed by atoms with Crippen LogP contribution in [0.4, 0.5) is 10.5 Å². The van der Waals surface area contributed by atoms with Gasteiger partial charge in [0.25, 0.3) is 5.91 Å². The number of anilines is 1. The van der Waals surface area contributed by atoms with Gasteiger partial charge < -0.3 is 20.3 Å². The van der Waals surface area contributed by atoms with E-state index in [0.29, 0.717) is 24.2 Å². The number of alkyl carbamates (subject to hydrolysis) is 1. The van der Waals surface area contributed by atoms with Gasteiger partial charge in [0.2, 0.25) is 5.91 Å². The molecular weight excluding hydrogens is 526 g/mol. The molecule has 0 aliphatic heterocycles. The molecule has 0 bridgehead atoms. The molecule has 0 spiro atoms. The molecule has 42 heavy (non-hydrogen) atoms. The van der Waals surface area contributed by atoms with Crippen LogP contribution in [-0.2, 0) is 14.3 Å². The molecule has 3 amide bonds. The van der Waals surface area contributed by atoms with Crippen molar-refractivity contribution in [1.82, 2.24) is 10.2 Å². The lowest BCUT2D eigenvalue weighted by molar-refractivity contribution is -0.141. The number of amides is 3. The van der Waals surface area contributed by atoms with Crippen LogP contribution in [0.15, 0.2) is 72.8 Å². The molecule has 7 nitrogen and oxygen atoms in total. The van der Waals surface area contributed by atoms with E-state index in [2.05, 4.69) is 17.6 Å². The molecule has 0 radical (unpaired) electrons. The highest BCUT2D eigenvalue weighted by molar-refractivity contribution is 6.00. The minimum Gasteiger partial charge on any atom is -0.444 e. The Balaban J connectivity index is 1.99. The van der Waals surface area contributed by atoms with Crippen LogP contribution in [-0.4, -0.2) is 41.0 Å². The van der Waals surface area contributed by atoms with Crippen LogP contribution in [0.3, 0.4) is 0 Å². The third-order valence-electron chi connectivity index (χ3n) is 6.92. The molecule has 3 aromatic carbocycles. The molecule has 0 aliphatic carbocycles. The first-order chi connectivity index (χ1) is 20.0. The SMILES string of the molecule is CCCCCCN(C(=O)C(CC(C)C)NC(=O)OC(C)(C)C)C(C(=O)Nc1ccc2ccccc2c1)c1ccccc1. The maximum atomic E-state index is 14.4. The largest absolute Gasteiger partial charge is 0.444 e. The quantitative estimate of drug-likeness (QED) is 0.204. The lowest BCUT2D eigenvalue weighted by Gasteiger charge is -2.35. The smallest absolute Gasteiger partial charge is 0.408 e. The molecule has 0 aromatic heterocycles. The average Bonchev–Trinajstić information content (AvgIpc) is 2.93. The standard InChI is InChI=1S/C35H47N3O4/c1-7-8-9-15-22-38(33(40)30(23-25(2)3)37-34(41)42-35(4,5)6)31(27-17-11-10-12-18-27)32(39)36-29-21-20-26-16-13-14-19-28(26)24-29/h10-14,16-21,24-25,30-31H,7-9,15,22-23H2,1-6H3,(H,36,39)(H,37,41). The Morgan fingerprint density at radius 3 is 2.17 bits per heavy atom. The molecule has 0 saturated heterocycles. The van der Waals surface area contributed by atoms with Crippen molar-refractivity contribution in [2.45, 2.75) is 91.3 Å². The molecule has 3 rings (SSSR count). The van der Waals surface area contributed by atoms with Gasteiger partial charge in [0.1, 0.15) is 17.7 Å². The van der Waals surface area contributed by atoms with E-state index in [4.69, 9.17) is 4.74 Å². The second kappa shape index (κ2) is 15.4. The van der Waals surface area contributed by atoms with E-state index in [9.17, 15) is 14.4 Å². The number of rotatable bonds is 13. The van der Waals surface area contributed by atoms with Crippen molar-refractivity contribution in [3.05, 3.63) is 78.4 Å². The van der Waals surface area contributed by atoms with Gasteiger partial charge in [0.05, 0.1) is 0 Å². The fourth-order valence-electron chi connectivity index (χ4n) is 5.00. The Morgan fingerprint density at radius 1 is 0.857 bits per heavy atom. The lowest BCUT2D eigenvalue weighted by atomic mass is 9.98. The molecule has 0 heterocycles. The molecule has 2 atom stereocenters. The van der Waals surface area contributed by atoms with Gasteiger partial charge in [0, 0.05) is 12.2 Å². The Hall–Kier alpha value is -3.87. The first-order valence-electron chi connectivity index (χ1n) is 15.1. The topological polar surface area (TPSA) is 87.7 Å². The zero-order valence-corrected chi connectivity index (χ0v) is 26.0. The first kappa shape index (κ1) is 32.6. The van der Waals surface area contributed by atoms with Gasteiger partial charge in [-0.2, -0.15) is 0 Å². The number of fused-ring (bicyclic) bond motifs is 1. The molecule has 2 N–H and O–H groups in total. The van der Waals surface area contributed by atoms with Crippen LogP contribution in [0.2, 0.25) is 0 Å². The highest BCUT2D eigenvalue weighted by Crippen LogP contribution is 2.27. The minimum absolute atomic E-state index is 0.123. The summed E-state index contributed by atoms with van der Waals surface area (Å²) in [6.45, 7) is 11.9. The predicted octanol–water partition coefficient (Wildman–Crippen LogP) is 7.87. The van der Waals surface area contributed by atoms with Crippen LogP contribution in [0.25, 0.3) is 10.8 Å². The normalized spacial score (nSPS) is 12.9. The summed E-state index contributed by atoms with van der Waals surface area (Å²) < 4.78 is 5.50. The van der Waals surface area contributed by atoms with Gasteiger partial charge in [-0.15, -0.1) is 0 Å². The number of carbonyl (C=O) groups excluding carboxylic acids is 3. The Kier molecular flexibility index (Phi) is 12.0. The van der Waals surface area contributed by atoms with E-state index in [1.54, 1.807) is 25.7 Å². The van der Waals surface area contributed by atoms with Crippen molar-refractivity contribution < 1.29 is 19.1 Å². The Labute approximate surface area is 251 Å². The van der Waals surface area contributed by atoms with E-state index in [0.717, 1.165) is 36.5 Å². The summed E-state index contributed by atoms with van der Waals surface area (Å²) in [4.78, 5) is 42.9. The third-order valence-corrected chi connectivity index (χ3v) is 6.92. The van der Waals surface area contributed by atoms with Gasteiger partial charge in [-0.05, 0) is 68.0 Å². The average molecular weight is 574 g/mol. The summed E-state index contributed by atoms with van der Waals surface area (Å²) in [5, 5.41) is 7.98. The van der Waals surface area contributed by atoms with Gasteiger partial charge in [-0.3, -0.25) is 9.59 Å². The fourth-order valence-corrected chi connectivity index (χ4v) is 5.00. The molecular formula is C35H47N3O4. The van der Waals surface area contributed by atoms with Gasteiger partial charge >= 0.3 is 6.09 Å². The van der Waals surface area contributed by atoms with E-state index in [1.807, 2.05) is 86.6 Å². The fraction of sp³-hybridized carbons (Fsp3) is 0.457. The number of nitrogens with zero attached hydrogens (tertiary/aromatic N) is 1. The second-order valence-corrected chi connectivity index (χ2v) is 12.3. The van der Waals surface area contributed by atoms with Crippen LogP contribution in [0.5, 0.6) is 0 Å². The Morgan fingerprint density at radius 2 is 1.52 bits per heavy atom. The summed E-state index contributed by atoms with van der Waals surface area (Å²) >= 11 is 0. The van der Waals surface area contributed by atoms with Gasteiger partial charge in [-0.25, -0.2) is 4.79 Å². The predicted molar refractivity (Wildman–Crippen MR) is 170 cm³/mol. The highest BCUT2D eigenvalue weighted by Gasteiger charge is 2.36. The number of unbranched alkanes of at least 4 members (excludes halogenated alkanes) is 3. The highest BCUT2D eigenvalue weighted by atomic mass is 16.6. The number of hydrogen-bond acceptors (Lipinski definition) is 4. The van der Waals surface area contributed by atoms with Crippen molar-refractivity contribution in [3.8, 4) is 0 Å². The number of carbonyl (C=O) groups is 3. The van der Waals surface area contributed by atoms with Gasteiger partial charge in [-0.1, -0.05) is 101 Å². The zero-order valence-electron chi connectivity index (χ0n) is 26.0. The lowest BCUT2D eigenvalue weighted by Crippen LogP contribution is -2.53. The van der Waals surface area contributed by atoms with Crippen molar-refractivity contribution in [1.29, 1.82) is 0 Å². The summed E-state index contributed by atoms with van der Waals surface area (Å²) in [5.41, 5.74) is 0.658. The number of nitrogens with one attached hydrogen (secondary N) is 2. The molecule has 7 heteroatoms. The molecule has 226 valence electrons. The van der Waals surface area contributed by atoms with Crippen LogP contribution in [0, 0.1) is 5.92 Å². The monoisotopic (exact) mass is 573 g/mol. The van der Waals surface area contributed by atoms with Crippen molar-refractivity contribution in [2.75, 3.05) is 11.9 Å². The van der Waals surface area contributed by atoms with Crippen molar-refractivity contribution in [3.63, 3.8) is 0 Å². The van der Waals surface area contributed by atoms with Gasteiger partial charge in [0.15, 0.2) is 0 Å². The molecule has 0 aliphatic rings. The molecule has 2 unspecified atom stereocenters. The van der Waals surface area contributed by atoms with E-state index >= 15 is 0 Å². The van der Waals surface area contributed by atoms with E-state index in [1.165, 1.54) is 0 Å². The molecule has 0 fully saturated rings. The third kappa shape index (κ3) is 9.89. The maximum Gasteiger partial charge on any atom is 0.408 e. The maximum absolute atomic E-state index is 14.4. The zero-order chi connectivity index (χ0) is 30.7. The van der Waals surface area contributed by atoms with E-state index in [-0.39, 0.29) is 17.7 Å². The van der Waals surface area contributed by atoms with Crippen molar-refractivity contribution in [2.24, 2.45) is 5.92 Å². The van der Waals surface area contributed by atoms with Crippen LogP contribution in [0.1, 0.15) is 85.3 Å². The first-order valence-corrected chi connectivity index (χ1v) is 15.1. The Bertz CT molecular complexity index is 1320. The number of benzene rings is 3. The number of hydrogen-bond donors (Lipinski definition) is 2. The van der Waals surface area contributed by atoms with Crippen LogP contribution < -0.4 is 10.6 Å². The summed E-state index contributed by atoms with van der Waals surface area (Å²) in [5.74, 6) is -0.480. The number of ether oxygens (including phenoxy) is 1. The minimum atomic E-state index is -0.887. The molecule has 3 aromatic rings. The van der Waals surface area contributed by atoms with Crippen LogP contribution >= 0.6 is 0 Å². The second-order valence-electron chi connectivity index (χ2n) is 12.3. The molecule has 0 saturated carbocycles. The summed E-state index contributed by atoms with van der Waals surface area (Å²) in [6, 6.07) is 21.4. The van der Waals surface area contributed by atoms with Crippen molar-refractivity contribution >= 4 is 34.4 Å². The summed E-state index contributed by atoms with van der Waals surface area (Å²) in [6.07, 6.45) is 3.53.